The summed E-state index contributed by atoms with van der Waals surface area (Å²) in [4.78, 5) is 6.71. The fourth-order valence-corrected chi connectivity index (χ4v) is 3.31. The molecule has 0 amide bonds. The Morgan fingerprint density at radius 2 is 1.82 bits per heavy atom. The van der Waals surface area contributed by atoms with Gasteiger partial charge in [0.05, 0.1) is 6.54 Å². The molecule has 1 atom stereocenters. The van der Waals surface area contributed by atoms with Crippen LogP contribution in [0.25, 0.3) is 0 Å². The van der Waals surface area contributed by atoms with Gasteiger partial charge in [-0.25, -0.2) is 0 Å². The summed E-state index contributed by atoms with van der Waals surface area (Å²) in [6, 6.07) is 17.4. The molecule has 0 radical (unpaired) electrons. The Morgan fingerprint density at radius 1 is 1.11 bits per heavy atom. The maximum atomic E-state index is 6.00. The van der Waals surface area contributed by atoms with Gasteiger partial charge < -0.3 is 15.4 Å². The van der Waals surface area contributed by atoms with Crippen molar-refractivity contribution in [3.8, 4) is 5.75 Å². The van der Waals surface area contributed by atoms with Gasteiger partial charge in [-0.2, -0.15) is 0 Å². The zero-order valence-electron chi connectivity index (χ0n) is 17.4. The van der Waals surface area contributed by atoms with E-state index in [1.807, 2.05) is 12.1 Å². The van der Waals surface area contributed by atoms with E-state index in [-0.39, 0.29) is 6.10 Å². The lowest BCUT2D eigenvalue weighted by Gasteiger charge is -2.23. The number of rotatable bonds is 7. The van der Waals surface area contributed by atoms with Crippen LogP contribution in [0, 0.1) is 0 Å². The number of hydrogen-bond acceptors (Lipinski definition) is 3. The molecule has 0 aliphatic carbocycles. The molecule has 1 aliphatic rings. The standard InChI is InChI=1S/C23H32N4O/c1-17(2)27(4)16-20-11-6-5-10-19(20)14-25-23(24-3)26-15-21-13-18-9-7-8-12-22(18)28-21/h5-12,17,21H,13-16H2,1-4H3,(H2,24,25,26). The van der Waals surface area contributed by atoms with E-state index >= 15 is 0 Å². The lowest BCUT2D eigenvalue weighted by molar-refractivity contribution is 0.235. The quantitative estimate of drug-likeness (QED) is 0.572. The number of para-hydroxylation sites is 1. The number of aliphatic imine (C=N–C) groups is 1. The number of guanidine groups is 1. The minimum absolute atomic E-state index is 0.142. The summed E-state index contributed by atoms with van der Waals surface area (Å²) in [7, 11) is 3.97. The van der Waals surface area contributed by atoms with Crippen molar-refractivity contribution in [1.82, 2.24) is 15.5 Å². The first-order chi connectivity index (χ1) is 13.6. The highest BCUT2D eigenvalue weighted by Gasteiger charge is 2.22. The number of hydrogen-bond donors (Lipinski definition) is 2. The smallest absolute Gasteiger partial charge is 0.191 e. The van der Waals surface area contributed by atoms with Crippen molar-refractivity contribution in [2.75, 3.05) is 20.6 Å². The van der Waals surface area contributed by atoms with Gasteiger partial charge >= 0.3 is 0 Å². The summed E-state index contributed by atoms with van der Waals surface area (Å²) in [5.74, 6) is 1.80. The van der Waals surface area contributed by atoms with Gasteiger partial charge in [-0.05, 0) is 43.7 Å². The van der Waals surface area contributed by atoms with Crippen LogP contribution in [0.3, 0.4) is 0 Å². The molecule has 2 N–H and O–H groups in total. The van der Waals surface area contributed by atoms with Crippen molar-refractivity contribution >= 4 is 5.96 Å². The highest BCUT2D eigenvalue weighted by Crippen LogP contribution is 2.27. The summed E-state index contributed by atoms with van der Waals surface area (Å²) in [6.45, 7) is 6.85. The van der Waals surface area contributed by atoms with E-state index in [9.17, 15) is 0 Å². The zero-order chi connectivity index (χ0) is 19.9. The summed E-state index contributed by atoms with van der Waals surface area (Å²) >= 11 is 0. The molecule has 0 bridgehead atoms. The van der Waals surface area contributed by atoms with Crippen molar-refractivity contribution in [3.05, 3.63) is 65.2 Å². The number of nitrogens with one attached hydrogen (secondary N) is 2. The van der Waals surface area contributed by atoms with Gasteiger partial charge in [-0.15, -0.1) is 0 Å². The molecule has 28 heavy (non-hydrogen) atoms. The van der Waals surface area contributed by atoms with Gasteiger partial charge in [0.1, 0.15) is 11.9 Å². The second-order valence-corrected chi connectivity index (χ2v) is 7.64. The van der Waals surface area contributed by atoms with E-state index in [1.54, 1.807) is 7.05 Å². The Hall–Kier alpha value is -2.53. The van der Waals surface area contributed by atoms with Crippen LogP contribution in [0.2, 0.25) is 0 Å². The fraction of sp³-hybridized carbons (Fsp3) is 0.435. The van der Waals surface area contributed by atoms with Gasteiger partial charge in [0.15, 0.2) is 5.96 Å². The molecule has 5 nitrogen and oxygen atoms in total. The highest BCUT2D eigenvalue weighted by atomic mass is 16.5. The Balaban J connectivity index is 1.51. The molecule has 2 aromatic carbocycles. The van der Waals surface area contributed by atoms with Crippen molar-refractivity contribution < 1.29 is 4.74 Å². The first-order valence-corrected chi connectivity index (χ1v) is 10.0. The Bertz CT molecular complexity index is 778. The van der Waals surface area contributed by atoms with E-state index in [4.69, 9.17) is 4.74 Å². The van der Waals surface area contributed by atoms with Gasteiger partial charge in [-0.1, -0.05) is 42.5 Å². The van der Waals surface area contributed by atoms with Crippen molar-refractivity contribution in [2.24, 2.45) is 4.99 Å². The Morgan fingerprint density at radius 3 is 2.54 bits per heavy atom. The lowest BCUT2D eigenvalue weighted by Crippen LogP contribution is -2.42. The first kappa shape index (κ1) is 20.2. The number of benzene rings is 2. The van der Waals surface area contributed by atoms with Crippen LogP contribution in [0.4, 0.5) is 0 Å². The zero-order valence-corrected chi connectivity index (χ0v) is 17.4. The summed E-state index contributed by atoms with van der Waals surface area (Å²) in [6.07, 6.45) is 1.08. The third-order valence-electron chi connectivity index (χ3n) is 5.30. The number of fused-ring (bicyclic) bond motifs is 1. The van der Waals surface area contributed by atoms with Gasteiger partial charge in [-0.3, -0.25) is 9.89 Å². The van der Waals surface area contributed by atoms with Crippen LogP contribution in [-0.2, 0) is 19.5 Å². The van der Waals surface area contributed by atoms with Crippen LogP contribution < -0.4 is 15.4 Å². The van der Waals surface area contributed by atoms with E-state index in [0.29, 0.717) is 6.04 Å². The molecule has 0 fully saturated rings. The Kier molecular flexibility index (Phi) is 6.93. The minimum atomic E-state index is 0.142. The van der Waals surface area contributed by atoms with Crippen molar-refractivity contribution in [2.45, 2.75) is 45.5 Å². The molecule has 0 saturated heterocycles. The minimum Gasteiger partial charge on any atom is -0.488 e. The van der Waals surface area contributed by atoms with Crippen LogP contribution in [0.1, 0.15) is 30.5 Å². The average Bonchev–Trinajstić information content (AvgIpc) is 3.12. The molecule has 0 aromatic heterocycles. The predicted octanol–water partition coefficient (Wildman–Crippen LogP) is 3.20. The summed E-state index contributed by atoms with van der Waals surface area (Å²) in [5.41, 5.74) is 3.92. The SMILES string of the molecule is CN=C(NCc1ccccc1CN(C)C(C)C)NCC1Cc2ccccc2O1. The molecule has 2 aromatic rings. The van der Waals surface area contributed by atoms with E-state index in [1.165, 1.54) is 16.7 Å². The highest BCUT2D eigenvalue weighted by molar-refractivity contribution is 5.79. The molecule has 5 heteroatoms. The summed E-state index contributed by atoms with van der Waals surface area (Å²) in [5, 5.41) is 6.84. The maximum Gasteiger partial charge on any atom is 0.191 e. The van der Waals surface area contributed by atoms with Crippen LogP contribution in [0.5, 0.6) is 5.75 Å². The normalized spacial score (nSPS) is 16.2. The van der Waals surface area contributed by atoms with Gasteiger partial charge in [0.2, 0.25) is 0 Å². The van der Waals surface area contributed by atoms with Crippen molar-refractivity contribution in [1.29, 1.82) is 0 Å². The predicted molar refractivity (Wildman–Crippen MR) is 116 cm³/mol. The van der Waals surface area contributed by atoms with Crippen LogP contribution >= 0.6 is 0 Å². The van der Waals surface area contributed by atoms with Crippen molar-refractivity contribution in [3.63, 3.8) is 0 Å². The second-order valence-electron chi connectivity index (χ2n) is 7.64. The number of nitrogens with zero attached hydrogens (tertiary/aromatic N) is 2. The monoisotopic (exact) mass is 380 g/mol. The van der Waals surface area contributed by atoms with Gasteiger partial charge in [0, 0.05) is 32.6 Å². The molecule has 1 aliphatic heterocycles. The molecule has 3 rings (SSSR count). The van der Waals surface area contributed by atoms with E-state index in [2.05, 4.69) is 77.8 Å². The Labute approximate surface area is 168 Å². The molecule has 0 spiro atoms. The van der Waals surface area contributed by atoms with Crippen LogP contribution in [-0.4, -0.2) is 43.6 Å². The molecule has 150 valence electrons. The third kappa shape index (κ3) is 5.26. The molecular formula is C23H32N4O. The number of ether oxygens (including phenoxy) is 1. The van der Waals surface area contributed by atoms with Crippen LogP contribution in [0.15, 0.2) is 53.5 Å². The van der Waals surface area contributed by atoms with E-state index < -0.39 is 0 Å². The average molecular weight is 381 g/mol. The van der Waals surface area contributed by atoms with Gasteiger partial charge in [0.25, 0.3) is 0 Å². The van der Waals surface area contributed by atoms with E-state index in [0.717, 1.165) is 37.8 Å². The fourth-order valence-electron chi connectivity index (χ4n) is 3.31. The maximum absolute atomic E-state index is 6.00. The molecular weight excluding hydrogens is 348 g/mol. The third-order valence-corrected chi connectivity index (χ3v) is 5.30. The molecule has 1 heterocycles. The summed E-state index contributed by atoms with van der Waals surface area (Å²) < 4.78 is 6.00. The lowest BCUT2D eigenvalue weighted by atomic mass is 10.1. The first-order valence-electron chi connectivity index (χ1n) is 10.0. The molecule has 0 saturated carbocycles. The molecule has 1 unspecified atom stereocenters. The second kappa shape index (κ2) is 9.60. The largest absolute Gasteiger partial charge is 0.488 e. The topological polar surface area (TPSA) is 48.9 Å².